The van der Waals surface area contributed by atoms with E-state index in [9.17, 15) is 0 Å². The highest BCUT2D eigenvalue weighted by atomic mass is 32.1. The van der Waals surface area contributed by atoms with Gasteiger partial charge < -0.3 is 9.80 Å². The molecule has 4 aliphatic rings. The zero-order valence-electron chi connectivity index (χ0n) is 44.7. The van der Waals surface area contributed by atoms with Crippen molar-refractivity contribution < 1.29 is 0 Å². The van der Waals surface area contributed by atoms with Gasteiger partial charge in [0, 0.05) is 43.2 Å². The van der Waals surface area contributed by atoms with Gasteiger partial charge in [0.25, 0.3) is 6.71 Å². The highest BCUT2D eigenvalue weighted by Gasteiger charge is 2.48. The smallest absolute Gasteiger partial charge is 0.264 e. The van der Waals surface area contributed by atoms with E-state index in [-0.39, 0.29) is 39.2 Å². The average Bonchev–Trinajstić information content (AvgIpc) is 3.67. The lowest BCUT2D eigenvalue weighted by molar-refractivity contribution is 0.332. The van der Waals surface area contributed by atoms with Crippen LogP contribution in [0.25, 0.3) is 21.2 Å². The Morgan fingerprint density at radius 3 is 1.71 bits per heavy atom. The predicted octanol–water partition coefficient (Wildman–Crippen LogP) is 17.1. The van der Waals surface area contributed by atoms with Gasteiger partial charge in [0.2, 0.25) is 0 Å². The first-order valence-corrected chi connectivity index (χ1v) is 27.0. The summed E-state index contributed by atoms with van der Waals surface area (Å²) in [6, 6.07) is 44.2. The summed E-state index contributed by atoms with van der Waals surface area (Å²) in [4.78, 5) is 5.48. The van der Waals surface area contributed by atoms with Crippen LogP contribution in [0.1, 0.15) is 181 Å². The van der Waals surface area contributed by atoms with Crippen molar-refractivity contribution in [2.45, 2.75) is 175 Å². The van der Waals surface area contributed by atoms with Gasteiger partial charge in [-0.2, -0.15) is 0 Å². The molecule has 0 spiro atoms. The van der Waals surface area contributed by atoms with Gasteiger partial charge >= 0.3 is 0 Å². The highest BCUT2D eigenvalue weighted by Crippen LogP contribution is 2.55. The molecule has 2 aliphatic carbocycles. The first kappa shape index (κ1) is 46.3. The summed E-state index contributed by atoms with van der Waals surface area (Å²) >= 11 is 2.03. The van der Waals surface area contributed by atoms with Gasteiger partial charge in [-0.25, -0.2) is 0 Å². The van der Waals surface area contributed by atoms with Crippen molar-refractivity contribution >= 4 is 78.0 Å². The Bertz CT molecular complexity index is 3240. The molecule has 6 aromatic carbocycles. The summed E-state index contributed by atoms with van der Waals surface area (Å²) in [5, 5.41) is 1.36. The van der Waals surface area contributed by atoms with Crippen molar-refractivity contribution in [3.63, 3.8) is 0 Å². The fourth-order valence-electron chi connectivity index (χ4n) is 12.6. The highest BCUT2D eigenvalue weighted by molar-refractivity contribution is 7.33. The van der Waals surface area contributed by atoms with Gasteiger partial charge in [-0.05, 0) is 174 Å². The van der Waals surface area contributed by atoms with Crippen molar-refractivity contribution in [2.24, 2.45) is 0 Å². The first-order valence-electron chi connectivity index (χ1n) is 26.2. The van der Waals surface area contributed by atoms with Crippen LogP contribution in [0.4, 0.5) is 34.1 Å². The minimum absolute atomic E-state index is 0.00758. The van der Waals surface area contributed by atoms with Crippen molar-refractivity contribution in [2.75, 3.05) is 9.80 Å². The van der Waals surface area contributed by atoms with Crippen LogP contribution in [0.15, 0.2) is 109 Å². The van der Waals surface area contributed by atoms with Crippen LogP contribution >= 0.6 is 11.3 Å². The molecule has 3 heterocycles. The summed E-state index contributed by atoms with van der Waals surface area (Å²) in [5.41, 5.74) is 23.5. The van der Waals surface area contributed by atoms with E-state index >= 15 is 0 Å². The molecule has 2 aliphatic heterocycles. The van der Waals surface area contributed by atoms with Gasteiger partial charge in [-0.1, -0.05) is 165 Å². The molecular formula is C65H75BN2S. The van der Waals surface area contributed by atoms with Gasteiger partial charge in [0.15, 0.2) is 0 Å². The summed E-state index contributed by atoms with van der Waals surface area (Å²) in [7, 11) is 0. The Hall–Kier alpha value is -5.06. The molecule has 4 heteroatoms. The third-order valence-corrected chi connectivity index (χ3v) is 18.7. The van der Waals surface area contributed by atoms with E-state index in [0.29, 0.717) is 5.92 Å². The maximum Gasteiger partial charge on any atom is 0.264 e. The van der Waals surface area contributed by atoms with Crippen LogP contribution in [0.2, 0.25) is 0 Å². The summed E-state index contributed by atoms with van der Waals surface area (Å²) in [5.74, 6) is 0.388. The third-order valence-electron chi connectivity index (χ3n) is 17.5. The lowest BCUT2D eigenvalue weighted by Crippen LogP contribution is -2.60. The SMILES string of the molecule is CC(C)c1ccc2c(c1)B1c3sc4ccc(C(C)(C)C)cc4c3N(c3ccc4c(c3)C(C)(C)CCC4(C)C)c3cc(C(C)(C)C)cc(c31)N2c1cc2c(cc1-c1ccccc1)C(C)(C)CCC2(C)C. The summed E-state index contributed by atoms with van der Waals surface area (Å²) in [6.45, 7) is 38.9. The summed E-state index contributed by atoms with van der Waals surface area (Å²) < 4.78 is 2.81. The monoisotopic (exact) mass is 927 g/mol. The van der Waals surface area contributed by atoms with E-state index < -0.39 is 0 Å². The molecular weight excluding hydrogens is 852 g/mol. The van der Waals surface area contributed by atoms with Gasteiger partial charge in [0.05, 0.1) is 11.4 Å². The average molecular weight is 927 g/mol. The zero-order valence-corrected chi connectivity index (χ0v) is 45.5. The van der Waals surface area contributed by atoms with Crippen LogP contribution in [-0.4, -0.2) is 6.71 Å². The fourth-order valence-corrected chi connectivity index (χ4v) is 13.9. The van der Waals surface area contributed by atoms with E-state index in [1.54, 1.807) is 0 Å². The van der Waals surface area contributed by atoms with Crippen molar-refractivity contribution in [1.29, 1.82) is 0 Å². The van der Waals surface area contributed by atoms with E-state index in [4.69, 9.17) is 0 Å². The topological polar surface area (TPSA) is 6.48 Å². The number of hydrogen-bond donors (Lipinski definition) is 0. The Labute approximate surface area is 419 Å². The molecule has 0 N–H and O–H groups in total. The number of fused-ring (bicyclic) bond motifs is 8. The minimum atomic E-state index is -0.122. The number of benzene rings is 6. The van der Waals surface area contributed by atoms with Crippen LogP contribution in [0.3, 0.4) is 0 Å². The maximum absolute atomic E-state index is 2.75. The molecule has 0 saturated carbocycles. The summed E-state index contributed by atoms with van der Waals surface area (Å²) in [6.07, 6.45) is 4.72. The quantitative estimate of drug-likeness (QED) is 0.162. The lowest BCUT2D eigenvalue weighted by Gasteiger charge is -2.47. The molecule has 0 unspecified atom stereocenters. The van der Waals surface area contributed by atoms with Crippen LogP contribution < -0.4 is 25.5 Å². The molecule has 0 saturated heterocycles. The number of rotatable bonds is 4. The second-order valence-electron chi connectivity index (χ2n) is 26.6. The molecule has 7 aromatic rings. The molecule has 0 fully saturated rings. The molecule has 69 heavy (non-hydrogen) atoms. The van der Waals surface area contributed by atoms with Crippen molar-refractivity contribution in [3.8, 4) is 11.1 Å². The van der Waals surface area contributed by atoms with E-state index in [1.165, 1.54) is 129 Å². The molecule has 1 aromatic heterocycles. The van der Waals surface area contributed by atoms with Gasteiger partial charge in [0.1, 0.15) is 0 Å². The van der Waals surface area contributed by atoms with Crippen LogP contribution in [0.5, 0.6) is 0 Å². The Morgan fingerprint density at radius 2 is 1.10 bits per heavy atom. The van der Waals surface area contributed by atoms with E-state index in [0.717, 1.165) is 6.42 Å². The van der Waals surface area contributed by atoms with E-state index in [1.807, 2.05) is 11.3 Å². The molecule has 0 radical (unpaired) electrons. The minimum Gasteiger partial charge on any atom is -0.311 e. The third kappa shape index (κ3) is 7.22. The number of anilines is 6. The fraction of sp³-hybridized carbons (Fsp3) is 0.415. The molecule has 11 rings (SSSR count). The van der Waals surface area contributed by atoms with Crippen LogP contribution in [-0.2, 0) is 32.5 Å². The molecule has 0 amide bonds. The molecule has 354 valence electrons. The van der Waals surface area contributed by atoms with Gasteiger partial charge in [-0.3, -0.25) is 0 Å². The van der Waals surface area contributed by atoms with E-state index in [2.05, 4.69) is 230 Å². The lowest BCUT2D eigenvalue weighted by atomic mass is 9.36. The largest absolute Gasteiger partial charge is 0.311 e. The number of thiophene rings is 1. The standard InChI is InChI=1S/C65H75BN2S/c1-39(2)41-22-26-52-51(32-41)66-57-54(67(44-24-25-47-48(36-44)63(11,12)29-28-62(47,9)10)58-46-33-42(60(3,4)5)23-27-56(46)69-59(58)66)34-43(61(6,7)8)35-55(57)68(52)53-38-50-49(64(13,14)30-31-65(50,15)16)37-45(53)40-20-18-17-19-21-40/h17-27,32-39H,28-31H2,1-16H3. The molecule has 0 atom stereocenters. The Balaban J connectivity index is 1.30. The molecule has 2 nitrogen and oxygen atoms in total. The van der Waals surface area contributed by atoms with Crippen molar-refractivity contribution in [3.05, 3.63) is 148 Å². The normalized spacial score (nSPS) is 18.4. The predicted molar refractivity (Wildman–Crippen MR) is 303 cm³/mol. The second-order valence-corrected chi connectivity index (χ2v) is 27.7. The van der Waals surface area contributed by atoms with Crippen LogP contribution in [0, 0.1) is 0 Å². The second kappa shape index (κ2) is 15.2. The first-order chi connectivity index (χ1) is 32.3. The maximum atomic E-state index is 2.75. The molecule has 0 bridgehead atoms. The zero-order chi connectivity index (χ0) is 49.1. The van der Waals surface area contributed by atoms with Crippen molar-refractivity contribution in [1.82, 2.24) is 0 Å². The number of hydrogen-bond acceptors (Lipinski definition) is 3. The van der Waals surface area contributed by atoms with Gasteiger partial charge in [-0.15, -0.1) is 11.3 Å². The Kier molecular flexibility index (Phi) is 10.2. The number of nitrogens with zero attached hydrogens (tertiary/aromatic N) is 2. The Morgan fingerprint density at radius 1 is 0.522 bits per heavy atom.